The molecule has 2 aromatic rings. The lowest BCUT2D eigenvalue weighted by molar-refractivity contribution is -0.138. The molecule has 1 aliphatic heterocycles. The van der Waals surface area contributed by atoms with E-state index in [1.165, 1.54) is 0 Å². The quantitative estimate of drug-likeness (QED) is 0.866. The lowest BCUT2D eigenvalue weighted by atomic mass is 10.1. The summed E-state index contributed by atoms with van der Waals surface area (Å²) in [6.45, 7) is 2.45. The van der Waals surface area contributed by atoms with Crippen molar-refractivity contribution in [2.45, 2.75) is 31.9 Å². The molecule has 3 rings (SSSR count). The van der Waals surface area contributed by atoms with Crippen LogP contribution in [0.2, 0.25) is 0 Å². The van der Waals surface area contributed by atoms with Gasteiger partial charge in [0.05, 0.1) is 17.8 Å². The van der Waals surface area contributed by atoms with Crippen LogP contribution in [0, 0.1) is 11.3 Å². The molecule has 0 aliphatic carbocycles. The van der Waals surface area contributed by atoms with Gasteiger partial charge in [0.1, 0.15) is 11.8 Å². The molecular weight excluding hydrogens is 304 g/mol. The molecule has 0 unspecified atom stereocenters. The van der Waals surface area contributed by atoms with E-state index in [2.05, 4.69) is 11.2 Å². The molecule has 0 spiro atoms. The van der Waals surface area contributed by atoms with Crippen molar-refractivity contribution in [2.75, 3.05) is 6.54 Å². The minimum Gasteiger partial charge on any atom is -0.480 e. The van der Waals surface area contributed by atoms with Gasteiger partial charge < -0.3 is 9.64 Å². The fraction of sp³-hybridized carbons (Fsp3) is 0.389. The maximum Gasteiger partial charge on any atom is 0.263 e. The molecule has 0 saturated carbocycles. The molecule has 6 heteroatoms. The molecule has 1 saturated heterocycles. The summed E-state index contributed by atoms with van der Waals surface area (Å²) in [5, 5.41) is 13.3. The molecule has 124 valence electrons. The third-order valence-corrected chi connectivity index (χ3v) is 4.30. The van der Waals surface area contributed by atoms with Gasteiger partial charge in [-0.2, -0.15) is 10.4 Å². The van der Waals surface area contributed by atoms with Crippen LogP contribution < -0.4 is 4.74 Å². The number of likely N-dealkylation sites (tertiary alicyclic amines) is 1. The molecule has 2 atom stereocenters. The fourth-order valence-electron chi connectivity index (χ4n) is 3.13. The Balaban J connectivity index is 1.74. The Labute approximate surface area is 141 Å². The SMILES string of the molecule is C[C@@H](Oc1ccccc1C#N)C(=O)N1CCC[C@H]1c1cnn(C)c1. The topological polar surface area (TPSA) is 71.2 Å². The molecule has 0 N–H and O–H groups in total. The van der Waals surface area contributed by atoms with Crippen molar-refractivity contribution in [3.8, 4) is 11.8 Å². The number of rotatable bonds is 4. The minimum absolute atomic E-state index is 0.0449. The van der Waals surface area contributed by atoms with Crippen LogP contribution >= 0.6 is 0 Å². The summed E-state index contributed by atoms with van der Waals surface area (Å²) >= 11 is 0. The molecule has 1 aromatic heterocycles. The van der Waals surface area contributed by atoms with Crippen molar-refractivity contribution in [3.05, 3.63) is 47.8 Å². The van der Waals surface area contributed by atoms with Gasteiger partial charge in [-0.15, -0.1) is 0 Å². The van der Waals surface area contributed by atoms with Crippen LogP contribution in [0.15, 0.2) is 36.7 Å². The zero-order valence-corrected chi connectivity index (χ0v) is 13.8. The van der Waals surface area contributed by atoms with Crippen molar-refractivity contribution in [3.63, 3.8) is 0 Å². The van der Waals surface area contributed by atoms with Crippen LogP contribution in [0.3, 0.4) is 0 Å². The molecule has 1 aliphatic rings. The monoisotopic (exact) mass is 324 g/mol. The maximum absolute atomic E-state index is 12.8. The van der Waals surface area contributed by atoms with Gasteiger partial charge in [0.2, 0.25) is 0 Å². The Morgan fingerprint density at radius 1 is 1.46 bits per heavy atom. The van der Waals surface area contributed by atoms with E-state index in [1.807, 2.05) is 24.3 Å². The first-order chi connectivity index (χ1) is 11.6. The highest BCUT2D eigenvalue weighted by atomic mass is 16.5. The Hall–Kier alpha value is -2.81. The number of amides is 1. The number of aromatic nitrogens is 2. The highest BCUT2D eigenvalue weighted by Crippen LogP contribution is 2.32. The second kappa shape index (κ2) is 6.75. The number of carbonyl (C=O) groups excluding carboxylic acids is 1. The third-order valence-electron chi connectivity index (χ3n) is 4.30. The van der Waals surface area contributed by atoms with Gasteiger partial charge >= 0.3 is 0 Å². The molecular formula is C18H20N4O2. The van der Waals surface area contributed by atoms with Gasteiger partial charge in [-0.1, -0.05) is 12.1 Å². The third kappa shape index (κ3) is 3.11. The van der Waals surface area contributed by atoms with E-state index < -0.39 is 6.10 Å². The highest BCUT2D eigenvalue weighted by Gasteiger charge is 2.34. The van der Waals surface area contributed by atoms with Crippen molar-refractivity contribution in [1.82, 2.24) is 14.7 Å². The molecule has 0 bridgehead atoms. The summed E-state index contributed by atoms with van der Waals surface area (Å²) in [6, 6.07) is 9.09. The first-order valence-electron chi connectivity index (χ1n) is 8.05. The van der Waals surface area contributed by atoms with Gasteiger partial charge in [-0.3, -0.25) is 9.48 Å². The molecule has 2 heterocycles. The average Bonchev–Trinajstić information content (AvgIpc) is 3.23. The standard InChI is InChI=1S/C18H20N4O2/c1-13(24-17-8-4-3-6-14(17)10-19)18(23)22-9-5-7-16(22)15-11-20-21(2)12-15/h3-4,6,8,11-13,16H,5,7,9H2,1-2H3/t13-,16+/m1/s1. The molecule has 6 nitrogen and oxygen atoms in total. The largest absolute Gasteiger partial charge is 0.480 e. The summed E-state index contributed by atoms with van der Waals surface area (Å²) in [6.07, 6.45) is 5.02. The lowest BCUT2D eigenvalue weighted by Crippen LogP contribution is -2.40. The second-order valence-electron chi connectivity index (χ2n) is 6.01. The minimum atomic E-state index is -0.642. The highest BCUT2D eigenvalue weighted by molar-refractivity contribution is 5.81. The summed E-state index contributed by atoms with van der Waals surface area (Å²) in [4.78, 5) is 14.7. The number of hydrogen-bond donors (Lipinski definition) is 0. The number of para-hydroxylation sites is 1. The Bertz CT molecular complexity index is 777. The summed E-state index contributed by atoms with van der Waals surface area (Å²) in [7, 11) is 1.87. The van der Waals surface area contributed by atoms with Crippen LogP contribution in [0.1, 0.15) is 36.9 Å². The molecule has 1 amide bonds. The number of ether oxygens (including phenoxy) is 1. The lowest BCUT2D eigenvalue weighted by Gasteiger charge is -2.27. The number of benzene rings is 1. The van der Waals surface area contributed by atoms with E-state index in [0.717, 1.165) is 18.4 Å². The Kier molecular flexibility index (Phi) is 4.52. The summed E-state index contributed by atoms with van der Waals surface area (Å²) < 4.78 is 7.51. The Morgan fingerprint density at radius 3 is 2.96 bits per heavy atom. The first kappa shape index (κ1) is 16.1. The molecule has 1 fully saturated rings. The van der Waals surface area contributed by atoms with Crippen molar-refractivity contribution >= 4 is 5.91 Å². The van der Waals surface area contributed by atoms with Gasteiger partial charge in [-0.05, 0) is 31.9 Å². The second-order valence-corrected chi connectivity index (χ2v) is 6.01. The van der Waals surface area contributed by atoms with Crippen LogP contribution in [0.5, 0.6) is 5.75 Å². The zero-order valence-electron chi connectivity index (χ0n) is 13.8. The van der Waals surface area contributed by atoms with E-state index >= 15 is 0 Å². The normalized spacial score (nSPS) is 18.2. The van der Waals surface area contributed by atoms with E-state index in [-0.39, 0.29) is 11.9 Å². The fourth-order valence-corrected chi connectivity index (χ4v) is 3.13. The average molecular weight is 324 g/mol. The number of aryl methyl sites for hydroxylation is 1. The van der Waals surface area contributed by atoms with Crippen LogP contribution in [-0.2, 0) is 11.8 Å². The first-order valence-corrected chi connectivity index (χ1v) is 8.05. The number of hydrogen-bond acceptors (Lipinski definition) is 4. The predicted molar refractivity (Wildman–Crippen MR) is 88.1 cm³/mol. The maximum atomic E-state index is 12.8. The number of carbonyl (C=O) groups is 1. The van der Waals surface area contributed by atoms with E-state index in [4.69, 9.17) is 10.00 Å². The molecule has 24 heavy (non-hydrogen) atoms. The Morgan fingerprint density at radius 2 is 2.25 bits per heavy atom. The zero-order chi connectivity index (χ0) is 17.1. The van der Waals surface area contributed by atoms with Crippen molar-refractivity contribution in [1.29, 1.82) is 5.26 Å². The van der Waals surface area contributed by atoms with Crippen LogP contribution in [-0.4, -0.2) is 33.2 Å². The van der Waals surface area contributed by atoms with Gasteiger partial charge in [0, 0.05) is 25.4 Å². The number of nitrogens with zero attached hydrogens (tertiary/aromatic N) is 4. The smallest absolute Gasteiger partial charge is 0.263 e. The van der Waals surface area contributed by atoms with Gasteiger partial charge in [0.15, 0.2) is 6.10 Å². The van der Waals surface area contributed by atoms with E-state index in [1.54, 1.807) is 35.9 Å². The molecule has 0 radical (unpaired) electrons. The van der Waals surface area contributed by atoms with E-state index in [0.29, 0.717) is 17.9 Å². The van der Waals surface area contributed by atoms with Gasteiger partial charge in [-0.25, -0.2) is 0 Å². The van der Waals surface area contributed by atoms with Gasteiger partial charge in [0.25, 0.3) is 5.91 Å². The van der Waals surface area contributed by atoms with Crippen LogP contribution in [0.4, 0.5) is 0 Å². The summed E-state index contributed by atoms with van der Waals surface area (Å²) in [5.74, 6) is 0.382. The summed E-state index contributed by atoms with van der Waals surface area (Å²) in [5.41, 5.74) is 1.48. The van der Waals surface area contributed by atoms with Crippen molar-refractivity contribution < 1.29 is 9.53 Å². The van der Waals surface area contributed by atoms with Crippen molar-refractivity contribution in [2.24, 2.45) is 7.05 Å². The predicted octanol–water partition coefficient (Wildman–Crippen LogP) is 2.42. The molecule has 1 aromatic carbocycles. The van der Waals surface area contributed by atoms with Crippen LogP contribution in [0.25, 0.3) is 0 Å². The van der Waals surface area contributed by atoms with E-state index in [9.17, 15) is 4.79 Å². The number of nitriles is 1.